The van der Waals surface area contributed by atoms with Crippen LogP contribution >= 0.6 is 0 Å². The maximum absolute atomic E-state index is 9.31. The predicted molar refractivity (Wildman–Crippen MR) is 17.7 cm³/mol. The molecule has 0 radical (unpaired) electrons. The topological polar surface area (TPSA) is 86.4 Å². The monoisotopic (exact) mass is 182 g/mol. The molecule has 1 N–H and O–H groups in total. The van der Waals surface area contributed by atoms with Crippen molar-refractivity contribution in [1.82, 2.24) is 0 Å². The van der Waals surface area contributed by atoms with Crippen LogP contribution in [0, 0.1) is 10.1 Å². The number of nitro groups is 1. The van der Waals surface area contributed by atoms with Gasteiger partial charge in [0.2, 0.25) is 0 Å². The van der Waals surface area contributed by atoms with E-state index in [1.54, 1.807) is 0 Å². The van der Waals surface area contributed by atoms with Crippen molar-refractivity contribution in [3.8, 4) is 0 Å². The van der Waals surface area contributed by atoms with Gasteiger partial charge >= 0.3 is 103 Å². The molecule has 0 spiro atoms. The van der Waals surface area contributed by atoms with Crippen LogP contribution in [0.2, 0.25) is 0 Å². The minimum atomic E-state index is -1.54. The third-order valence-corrected chi connectivity index (χ3v) is 0.216. The zero-order valence-corrected chi connectivity index (χ0v) is 11.4. The van der Waals surface area contributed by atoms with Gasteiger partial charge in [-0.2, -0.15) is 0 Å². The molecule has 0 aliphatic heterocycles. The minimum absolute atomic E-state index is 0. The van der Waals surface area contributed by atoms with E-state index in [1.165, 1.54) is 0 Å². The molecule has 0 rings (SSSR count). The van der Waals surface area contributed by atoms with Gasteiger partial charge in [0.05, 0.1) is 4.92 Å². The Labute approximate surface area is 137 Å². The largest absolute Gasteiger partial charge is 1.00 e. The second-order valence-electron chi connectivity index (χ2n) is 0.753. The molecule has 40 valence electrons. The van der Waals surface area contributed by atoms with Gasteiger partial charge in [-0.25, -0.2) is 0 Å². The van der Waals surface area contributed by atoms with Crippen LogP contribution in [-0.2, 0) is 0 Å². The average Bonchev–Trinajstić information content (AvgIpc) is 1.27. The van der Waals surface area contributed by atoms with Crippen molar-refractivity contribution in [3.05, 3.63) is 22.3 Å². The Morgan fingerprint density at radius 1 is 1.56 bits per heavy atom. The van der Waals surface area contributed by atoms with E-state index in [-0.39, 0.29) is 109 Å². The maximum atomic E-state index is 9.31. The summed E-state index contributed by atoms with van der Waals surface area (Å²) in [6.07, 6.45) is -0.0278. The van der Waals surface area contributed by atoms with E-state index in [0.717, 1.165) is 0 Å². The molecule has 0 heterocycles. The molecule has 7 heteroatoms. The summed E-state index contributed by atoms with van der Waals surface area (Å²) in [6.45, 7) is 0. The van der Waals surface area contributed by atoms with Gasteiger partial charge in [0.25, 0.3) is 6.20 Å². The zero-order valence-electron chi connectivity index (χ0n) is 5.20. The van der Waals surface area contributed by atoms with E-state index in [1.807, 2.05) is 0 Å². The Morgan fingerprint density at radius 2 is 1.89 bits per heavy atom. The average molecular weight is 182 g/mol. The number of rotatable bonds is 1. The summed E-state index contributed by atoms with van der Waals surface area (Å²) in [6, 6.07) is 0. The van der Waals surface area contributed by atoms with Crippen LogP contribution in [-0.4, -0.2) is 10.0 Å². The quantitative estimate of drug-likeness (QED) is 0.189. The predicted octanol–water partition coefficient (Wildman–Crippen LogP) is -7.01. The van der Waals surface area contributed by atoms with Crippen molar-refractivity contribution in [2.45, 2.75) is 0 Å². The molecule has 0 aromatic heterocycles. The van der Waals surface area contributed by atoms with E-state index >= 15 is 0 Å². The second-order valence-corrected chi connectivity index (χ2v) is 0.753. The molecule has 0 fully saturated rings. The van der Waals surface area contributed by atoms with Crippen molar-refractivity contribution < 1.29 is 118 Å². The molecule has 0 aliphatic rings. The van der Waals surface area contributed by atoms with Gasteiger partial charge in [0.1, 0.15) is 5.95 Å². The summed E-state index contributed by atoms with van der Waals surface area (Å²) in [5.74, 6) is -1.54. The zero-order chi connectivity index (χ0) is 5.86. The van der Waals surface area contributed by atoms with Crippen LogP contribution in [0.4, 0.5) is 0 Å². The molecule has 0 bridgehead atoms. The SMILES string of the molecule is O=[N+]([O-])C=C([O-])O.[K+].[K+]. The number of aliphatic hydroxyl groups excluding tert-OH is 1. The van der Waals surface area contributed by atoms with E-state index in [2.05, 4.69) is 0 Å². The Bertz CT molecular complexity index is 109. The summed E-state index contributed by atoms with van der Waals surface area (Å²) < 4.78 is 0. The smallest absolute Gasteiger partial charge is 0.625 e. The van der Waals surface area contributed by atoms with Crippen LogP contribution < -0.4 is 108 Å². The Hall–Kier alpha value is 2.01. The van der Waals surface area contributed by atoms with Gasteiger partial charge in [-0.1, -0.05) is 0 Å². The Kier molecular flexibility index (Phi) is 19.1. The second kappa shape index (κ2) is 10.0. The summed E-state index contributed by atoms with van der Waals surface area (Å²) >= 11 is 0. The molecular formula is C2H2K2NO4+. The van der Waals surface area contributed by atoms with E-state index in [4.69, 9.17) is 5.11 Å². The van der Waals surface area contributed by atoms with E-state index < -0.39 is 10.9 Å². The van der Waals surface area contributed by atoms with Crippen molar-refractivity contribution >= 4 is 0 Å². The summed E-state index contributed by atoms with van der Waals surface area (Å²) in [5.41, 5.74) is 0. The fourth-order valence-corrected chi connectivity index (χ4v) is 0.0902. The minimum Gasteiger partial charge on any atom is -0.625 e. The van der Waals surface area contributed by atoms with Gasteiger partial charge in [-0.05, 0) is 0 Å². The molecular weight excluding hydrogens is 180 g/mol. The normalized spacial score (nSPS) is 8.67. The van der Waals surface area contributed by atoms with Crippen molar-refractivity contribution in [3.63, 3.8) is 0 Å². The van der Waals surface area contributed by atoms with E-state index in [9.17, 15) is 15.2 Å². The van der Waals surface area contributed by atoms with E-state index in [0.29, 0.717) is 0 Å². The molecule has 0 aromatic rings. The number of aliphatic hydroxyl groups is 1. The van der Waals surface area contributed by atoms with Gasteiger partial charge in [0.15, 0.2) is 0 Å². The Balaban J connectivity index is -0.000000180. The van der Waals surface area contributed by atoms with Crippen LogP contribution in [0.5, 0.6) is 0 Å². The first-order valence-corrected chi connectivity index (χ1v) is 1.34. The Morgan fingerprint density at radius 3 is 1.89 bits per heavy atom. The first-order chi connectivity index (χ1) is 3.13. The van der Waals surface area contributed by atoms with Crippen molar-refractivity contribution in [2.75, 3.05) is 0 Å². The molecule has 9 heavy (non-hydrogen) atoms. The fourth-order valence-electron chi connectivity index (χ4n) is 0.0902. The maximum Gasteiger partial charge on any atom is 1.00 e. The molecule has 0 saturated heterocycles. The first kappa shape index (κ1) is 17.2. The van der Waals surface area contributed by atoms with Gasteiger partial charge in [0, 0.05) is 0 Å². The summed E-state index contributed by atoms with van der Waals surface area (Å²) in [7, 11) is 0. The van der Waals surface area contributed by atoms with Gasteiger partial charge < -0.3 is 10.2 Å². The molecule has 0 saturated carbocycles. The summed E-state index contributed by atoms with van der Waals surface area (Å²) in [4.78, 5) is 8.15. The summed E-state index contributed by atoms with van der Waals surface area (Å²) in [5, 5.41) is 26.1. The molecule has 0 amide bonds. The number of hydrogen-bond acceptors (Lipinski definition) is 4. The molecule has 0 unspecified atom stereocenters. The fraction of sp³-hybridized carbons (Fsp3) is 0. The first-order valence-electron chi connectivity index (χ1n) is 1.34. The van der Waals surface area contributed by atoms with Crippen molar-refractivity contribution in [2.24, 2.45) is 0 Å². The van der Waals surface area contributed by atoms with Gasteiger partial charge in [-0.3, -0.25) is 10.1 Å². The standard InChI is InChI=1S/C2H3NO4.2K/c4-2(5)1-3(6)7;;/h1,4-5H;;/q;2*+1/p-1. The molecule has 0 aliphatic carbocycles. The third kappa shape index (κ3) is 17.8. The van der Waals surface area contributed by atoms with Crippen LogP contribution in [0.3, 0.4) is 0 Å². The number of nitrogens with zero attached hydrogens (tertiary/aromatic N) is 1. The number of hydrogen-bond donors (Lipinski definition) is 1. The third-order valence-electron chi connectivity index (χ3n) is 0.216. The molecule has 5 nitrogen and oxygen atoms in total. The van der Waals surface area contributed by atoms with Gasteiger partial charge in [-0.15, -0.1) is 0 Å². The van der Waals surface area contributed by atoms with Crippen molar-refractivity contribution in [1.29, 1.82) is 0 Å². The van der Waals surface area contributed by atoms with Crippen LogP contribution in [0.15, 0.2) is 12.1 Å². The molecule has 0 atom stereocenters. The van der Waals surface area contributed by atoms with Crippen LogP contribution in [0.1, 0.15) is 0 Å². The molecule has 0 aromatic carbocycles. The van der Waals surface area contributed by atoms with Crippen LogP contribution in [0.25, 0.3) is 0 Å².